The highest BCUT2D eigenvalue weighted by molar-refractivity contribution is 6.03. The van der Waals surface area contributed by atoms with Crippen LogP contribution < -0.4 is 0 Å². The van der Waals surface area contributed by atoms with Gasteiger partial charge < -0.3 is 9.88 Å². The van der Waals surface area contributed by atoms with Gasteiger partial charge in [-0.1, -0.05) is 31.5 Å². The van der Waals surface area contributed by atoms with Gasteiger partial charge in [-0.3, -0.25) is 4.79 Å². The van der Waals surface area contributed by atoms with Crippen molar-refractivity contribution in [3.8, 4) is 0 Å². The zero-order valence-electron chi connectivity index (χ0n) is 9.99. The van der Waals surface area contributed by atoms with E-state index in [-0.39, 0.29) is 5.91 Å². The summed E-state index contributed by atoms with van der Waals surface area (Å²) in [7, 11) is 0. The molecule has 2 aromatic rings. The number of unbranched alkanes of at least 4 members (excludes halogenated alkanes) is 1. The minimum absolute atomic E-state index is 0.157. The molecule has 1 aromatic heterocycles. The molecule has 0 saturated carbocycles. The second kappa shape index (κ2) is 3.91. The summed E-state index contributed by atoms with van der Waals surface area (Å²) in [6.07, 6.45) is 2.20. The molecule has 17 heavy (non-hydrogen) atoms. The second-order valence-electron chi connectivity index (χ2n) is 4.60. The summed E-state index contributed by atoms with van der Waals surface area (Å²) in [5, 5.41) is 1.19. The quantitative estimate of drug-likeness (QED) is 0.861. The topological polar surface area (TPSA) is 36.1 Å². The Morgan fingerprint density at radius 3 is 3.00 bits per heavy atom. The molecule has 3 heteroatoms. The maximum atomic E-state index is 12.2. The van der Waals surface area contributed by atoms with E-state index in [9.17, 15) is 4.79 Å². The molecule has 0 unspecified atom stereocenters. The van der Waals surface area contributed by atoms with Gasteiger partial charge >= 0.3 is 0 Å². The van der Waals surface area contributed by atoms with Crippen molar-refractivity contribution in [1.29, 1.82) is 0 Å². The molecule has 88 valence electrons. The number of aromatic nitrogens is 1. The number of hydrogen-bond acceptors (Lipinski definition) is 1. The number of para-hydroxylation sites is 1. The molecule has 1 amide bonds. The van der Waals surface area contributed by atoms with E-state index in [0.717, 1.165) is 37.1 Å². The number of benzene rings is 1. The van der Waals surface area contributed by atoms with Gasteiger partial charge in [-0.2, -0.15) is 0 Å². The van der Waals surface area contributed by atoms with E-state index in [0.29, 0.717) is 0 Å². The highest BCUT2D eigenvalue weighted by Gasteiger charge is 2.30. The molecule has 0 fully saturated rings. The van der Waals surface area contributed by atoms with Crippen LogP contribution in [0.4, 0.5) is 0 Å². The van der Waals surface area contributed by atoms with Gasteiger partial charge in [0, 0.05) is 29.6 Å². The SMILES string of the molecule is CCCCN1Cc2c([nH]c3ccccc23)C1=O. The maximum Gasteiger partial charge on any atom is 0.270 e. The Hall–Kier alpha value is -1.77. The van der Waals surface area contributed by atoms with Crippen molar-refractivity contribution in [3.05, 3.63) is 35.5 Å². The number of carbonyl (C=O) groups is 1. The Bertz CT molecular complexity index is 571. The Morgan fingerprint density at radius 2 is 2.18 bits per heavy atom. The van der Waals surface area contributed by atoms with Crippen LogP contribution in [0, 0.1) is 0 Å². The minimum atomic E-state index is 0.157. The number of carbonyl (C=O) groups excluding carboxylic acids is 1. The number of H-pyrrole nitrogens is 1. The number of nitrogens with zero attached hydrogens (tertiary/aromatic N) is 1. The van der Waals surface area contributed by atoms with E-state index in [4.69, 9.17) is 0 Å². The largest absolute Gasteiger partial charge is 0.350 e. The van der Waals surface area contributed by atoms with Crippen LogP contribution in [0.5, 0.6) is 0 Å². The van der Waals surface area contributed by atoms with Gasteiger partial charge in [0.15, 0.2) is 0 Å². The third-order valence-corrected chi connectivity index (χ3v) is 3.45. The number of fused-ring (bicyclic) bond motifs is 3. The van der Waals surface area contributed by atoms with Crippen molar-refractivity contribution in [2.24, 2.45) is 0 Å². The molecule has 1 N–H and O–H groups in total. The summed E-state index contributed by atoms with van der Waals surface area (Å²) in [6, 6.07) is 8.13. The van der Waals surface area contributed by atoms with Gasteiger partial charge in [0.05, 0.1) is 0 Å². The van der Waals surface area contributed by atoms with Crippen LogP contribution in [0.1, 0.15) is 35.8 Å². The lowest BCUT2D eigenvalue weighted by molar-refractivity contribution is 0.0772. The number of rotatable bonds is 3. The summed E-state index contributed by atoms with van der Waals surface area (Å²) >= 11 is 0. The van der Waals surface area contributed by atoms with E-state index in [1.165, 1.54) is 10.9 Å². The molecule has 0 aliphatic carbocycles. The fourth-order valence-corrected chi connectivity index (χ4v) is 2.50. The average Bonchev–Trinajstić information content (AvgIpc) is 2.85. The van der Waals surface area contributed by atoms with Gasteiger partial charge in [0.1, 0.15) is 5.69 Å². The third kappa shape index (κ3) is 1.54. The van der Waals surface area contributed by atoms with Crippen LogP contribution >= 0.6 is 0 Å². The van der Waals surface area contributed by atoms with Crippen LogP contribution in [0.3, 0.4) is 0 Å². The first-order chi connectivity index (χ1) is 8.31. The van der Waals surface area contributed by atoms with Gasteiger partial charge in [0.25, 0.3) is 5.91 Å². The molecule has 2 heterocycles. The Balaban J connectivity index is 1.98. The monoisotopic (exact) mass is 228 g/mol. The molecule has 3 nitrogen and oxygen atoms in total. The lowest BCUT2D eigenvalue weighted by Crippen LogP contribution is -2.25. The smallest absolute Gasteiger partial charge is 0.270 e. The highest BCUT2D eigenvalue weighted by atomic mass is 16.2. The number of amides is 1. The third-order valence-electron chi connectivity index (χ3n) is 3.45. The molecule has 0 spiro atoms. The van der Waals surface area contributed by atoms with Crippen LogP contribution in [0.15, 0.2) is 24.3 Å². The predicted molar refractivity (Wildman–Crippen MR) is 67.9 cm³/mol. The molecule has 0 saturated heterocycles. The van der Waals surface area contributed by atoms with E-state index in [1.807, 2.05) is 23.1 Å². The number of hydrogen-bond donors (Lipinski definition) is 1. The van der Waals surface area contributed by atoms with E-state index in [1.54, 1.807) is 0 Å². The van der Waals surface area contributed by atoms with Crippen molar-refractivity contribution in [3.63, 3.8) is 0 Å². The van der Waals surface area contributed by atoms with E-state index in [2.05, 4.69) is 18.0 Å². The number of nitrogens with one attached hydrogen (secondary N) is 1. The standard InChI is InChI=1S/C14H16N2O/c1-2-3-8-16-9-11-10-6-4-5-7-12(10)15-13(11)14(16)17/h4-7,15H,2-3,8-9H2,1H3. The Kier molecular flexibility index (Phi) is 2.39. The molecule has 1 aliphatic rings. The van der Waals surface area contributed by atoms with E-state index >= 15 is 0 Å². The summed E-state index contributed by atoms with van der Waals surface area (Å²) in [4.78, 5) is 17.3. The summed E-state index contributed by atoms with van der Waals surface area (Å²) < 4.78 is 0. The zero-order chi connectivity index (χ0) is 11.8. The normalized spacial score (nSPS) is 14.6. The summed E-state index contributed by atoms with van der Waals surface area (Å²) in [6.45, 7) is 3.78. The molecule has 3 rings (SSSR count). The molecular formula is C14H16N2O. The lowest BCUT2D eigenvalue weighted by Gasteiger charge is -2.14. The fraction of sp³-hybridized carbons (Fsp3) is 0.357. The van der Waals surface area contributed by atoms with Crippen molar-refractivity contribution < 1.29 is 4.79 Å². The van der Waals surface area contributed by atoms with E-state index < -0.39 is 0 Å². The van der Waals surface area contributed by atoms with Gasteiger partial charge in [-0.25, -0.2) is 0 Å². The van der Waals surface area contributed by atoms with Crippen molar-refractivity contribution in [2.45, 2.75) is 26.3 Å². The van der Waals surface area contributed by atoms with Crippen LogP contribution in [0.25, 0.3) is 10.9 Å². The molecule has 1 aliphatic heterocycles. The molecule has 0 radical (unpaired) electrons. The average molecular weight is 228 g/mol. The molecular weight excluding hydrogens is 212 g/mol. The van der Waals surface area contributed by atoms with Gasteiger partial charge in [-0.15, -0.1) is 0 Å². The second-order valence-corrected chi connectivity index (χ2v) is 4.60. The van der Waals surface area contributed by atoms with Crippen LogP contribution in [-0.4, -0.2) is 22.3 Å². The van der Waals surface area contributed by atoms with Gasteiger partial charge in [-0.05, 0) is 12.5 Å². The molecule has 0 atom stereocenters. The zero-order valence-corrected chi connectivity index (χ0v) is 9.99. The highest BCUT2D eigenvalue weighted by Crippen LogP contribution is 2.30. The van der Waals surface area contributed by atoms with Crippen molar-refractivity contribution in [2.75, 3.05) is 6.54 Å². The van der Waals surface area contributed by atoms with Crippen molar-refractivity contribution in [1.82, 2.24) is 9.88 Å². The van der Waals surface area contributed by atoms with Crippen molar-refractivity contribution >= 4 is 16.8 Å². The first kappa shape index (κ1) is 10.4. The van der Waals surface area contributed by atoms with Gasteiger partial charge in [0.2, 0.25) is 0 Å². The van der Waals surface area contributed by atoms with Crippen LogP contribution in [0.2, 0.25) is 0 Å². The summed E-state index contributed by atoms with van der Waals surface area (Å²) in [5.74, 6) is 0.157. The Labute approximate surface area is 100 Å². The lowest BCUT2D eigenvalue weighted by atomic mass is 10.1. The predicted octanol–water partition coefficient (Wildman–Crippen LogP) is 2.92. The number of aromatic amines is 1. The summed E-state index contributed by atoms with van der Waals surface area (Å²) in [5.41, 5.74) is 3.03. The maximum absolute atomic E-state index is 12.2. The minimum Gasteiger partial charge on any atom is -0.350 e. The first-order valence-corrected chi connectivity index (χ1v) is 6.20. The molecule has 1 aromatic carbocycles. The Morgan fingerprint density at radius 1 is 1.35 bits per heavy atom. The molecule has 0 bridgehead atoms. The first-order valence-electron chi connectivity index (χ1n) is 6.20. The van der Waals surface area contributed by atoms with Crippen LogP contribution in [-0.2, 0) is 6.54 Å². The fourth-order valence-electron chi connectivity index (χ4n) is 2.50.